The lowest BCUT2D eigenvalue weighted by Crippen LogP contribution is -2.53. The van der Waals surface area contributed by atoms with Crippen molar-refractivity contribution in [2.24, 2.45) is 11.8 Å². The SMILES string of the molecule is COc1cccc(NC(=O)N2CCN(CC(=O)N3CC(C)CC(C)C3)CC2)c1. The molecule has 1 aromatic carbocycles. The minimum absolute atomic E-state index is 0.113. The number of rotatable bonds is 4. The van der Waals surface area contributed by atoms with Gasteiger partial charge in [-0.05, 0) is 30.4 Å². The molecule has 1 aromatic rings. The lowest BCUT2D eigenvalue weighted by Gasteiger charge is -2.38. The lowest BCUT2D eigenvalue weighted by atomic mass is 9.92. The molecule has 3 rings (SSSR count). The van der Waals surface area contributed by atoms with Gasteiger partial charge in [0.05, 0.1) is 13.7 Å². The van der Waals surface area contributed by atoms with E-state index in [1.807, 2.05) is 23.1 Å². The maximum absolute atomic E-state index is 12.7. The van der Waals surface area contributed by atoms with E-state index in [1.54, 1.807) is 18.1 Å². The second kappa shape index (κ2) is 9.28. The molecule has 154 valence electrons. The van der Waals surface area contributed by atoms with Crippen LogP contribution in [0.25, 0.3) is 0 Å². The number of methoxy groups -OCH3 is 1. The summed E-state index contributed by atoms with van der Waals surface area (Å²) in [5.41, 5.74) is 0.718. The number of piperidine rings is 1. The molecular formula is C21H32N4O3. The average molecular weight is 389 g/mol. The third kappa shape index (κ3) is 5.38. The van der Waals surface area contributed by atoms with Gasteiger partial charge in [0.25, 0.3) is 0 Å². The van der Waals surface area contributed by atoms with Crippen molar-refractivity contribution < 1.29 is 14.3 Å². The van der Waals surface area contributed by atoms with Crippen LogP contribution in [0.2, 0.25) is 0 Å². The maximum Gasteiger partial charge on any atom is 0.321 e. The Morgan fingerprint density at radius 1 is 1.07 bits per heavy atom. The molecule has 2 fully saturated rings. The molecule has 28 heavy (non-hydrogen) atoms. The third-order valence-corrected chi connectivity index (χ3v) is 5.56. The molecule has 7 nitrogen and oxygen atoms in total. The predicted molar refractivity (Wildman–Crippen MR) is 110 cm³/mol. The first kappa shape index (κ1) is 20.5. The molecule has 0 aromatic heterocycles. The van der Waals surface area contributed by atoms with Crippen LogP contribution in [-0.4, -0.2) is 79.6 Å². The van der Waals surface area contributed by atoms with E-state index in [1.165, 1.54) is 6.42 Å². The minimum atomic E-state index is -0.113. The van der Waals surface area contributed by atoms with E-state index < -0.39 is 0 Å². The highest BCUT2D eigenvalue weighted by Gasteiger charge is 2.28. The second-order valence-corrected chi connectivity index (χ2v) is 8.17. The van der Waals surface area contributed by atoms with E-state index in [9.17, 15) is 9.59 Å². The van der Waals surface area contributed by atoms with E-state index in [2.05, 4.69) is 24.1 Å². The van der Waals surface area contributed by atoms with Crippen LogP contribution in [-0.2, 0) is 4.79 Å². The van der Waals surface area contributed by atoms with Gasteiger partial charge >= 0.3 is 6.03 Å². The van der Waals surface area contributed by atoms with Crippen LogP contribution in [0.1, 0.15) is 20.3 Å². The maximum atomic E-state index is 12.7. The van der Waals surface area contributed by atoms with Gasteiger partial charge in [-0.25, -0.2) is 4.79 Å². The van der Waals surface area contributed by atoms with Gasteiger partial charge in [0, 0.05) is 51.0 Å². The molecule has 2 unspecified atom stereocenters. The second-order valence-electron chi connectivity index (χ2n) is 8.17. The van der Waals surface area contributed by atoms with Crippen molar-refractivity contribution in [3.8, 4) is 5.75 Å². The van der Waals surface area contributed by atoms with Gasteiger partial charge in [-0.1, -0.05) is 19.9 Å². The monoisotopic (exact) mass is 388 g/mol. The van der Waals surface area contributed by atoms with E-state index in [-0.39, 0.29) is 11.9 Å². The Morgan fingerprint density at radius 2 is 1.75 bits per heavy atom. The summed E-state index contributed by atoms with van der Waals surface area (Å²) in [4.78, 5) is 31.1. The van der Waals surface area contributed by atoms with Gasteiger partial charge in [-0.3, -0.25) is 9.69 Å². The normalized spacial score (nSPS) is 23.4. The zero-order valence-electron chi connectivity index (χ0n) is 17.2. The summed E-state index contributed by atoms with van der Waals surface area (Å²) in [6.07, 6.45) is 1.20. The van der Waals surface area contributed by atoms with E-state index >= 15 is 0 Å². The number of amides is 3. The van der Waals surface area contributed by atoms with Crippen LogP contribution in [0, 0.1) is 11.8 Å². The number of carbonyl (C=O) groups is 2. The van der Waals surface area contributed by atoms with Crippen LogP contribution in [0.5, 0.6) is 5.75 Å². The van der Waals surface area contributed by atoms with E-state index in [4.69, 9.17) is 4.74 Å². The van der Waals surface area contributed by atoms with Crippen molar-refractivity contribution in [2.75, 3.05) is 58.2 Å². The molecule has 2 atom stereocenters. The number of ether oxygens (including phenoxy) is 1. The van der Waals surface area contributed by atoms with Crippen LogP contribution in [0.4, 0.5) is 10.5 Å². The molecule has 0 aliphatic carbocycles. The first-order chi connectivity index (χ1) is 13.4. The van der Waals surface area contributed by atoms with Crippen LogP contribution < -0.4 is 10.1 Å². The molecule has 2 heterocycles. The zero-order valence-corrected chi connectivity index (χ0v) is 17.2. The number of likely N-dealkylation sites (tertiary alicyclic amines) is 1. The van der Waals surface area contributed by atoms with Gasteiger partial charge in [0.1, 0.15) is 5.75 Å². The summed E-state index contributed by atoms with van der Waals surface area (Å²) in [5.74, 6) is 2.07. The average Bonchev–Trinajstić information content (AvgIpc) is 2.68. The summed E-state index contributed by atoms with van der Waals surface area (Å²) in [5, 5.41) is 2.92. The summed E-state index contributed by atoms with van der Waals surface area (Å²) < 4.78 is 5.19. The number of anilines is 1. The highest BCUT2D eigenvalue weighted by Crippen LogP contribution is 2.21. The van der Waals surface area contributed by atoms with E-state index in [0.717, 1.165) is 31.9 Å². The quantitative estimate of drug-likeness (QED) is 0.860. The smallest absolute Gasteiger partial charge is 0.321 e. The zero-order chi connectivity index (χ0) is 20.1. The molecule has 2 aliphatic heterocycles. The molecule has 0 radical (unpaired) electrons. The fourth-order valence-corrected chi connectivity index (χ4v) is 4.17. The molecular weight excluding hydrogens is 356 g/mol. The Hall–Kier alpha value is -2.28. The Kier molecular flexibility index (Phi) is 6.78. The molecule has 0 spiro atoms. The predicted octanol–water partition coefficient (Wildman–Crippen LogP) is 2.35. The lowest BCUT2D eigenvalue weighted by molar-refractivity contribution is -0.135. The van der Waals surface area contributed by atoms with Crippen LogP contribution in [0.3, 0.4) is 0 Å². The number of benzene rings is 1. The van der Waals surface area contributed by atoms with Crippen molar-refractivity contribution in [2.45, 2.75) is 20.3 Å². The number of nitrogens with zero attached hydrogens (tertiary/aromatic N) is 3. The summed E-state index contributed by atoms with van der Waals surface area (Å²) >= 11 is 0. The topological polar surface area (TPSA) is 65.1 Å². The van der Waals surface area contributed by atoms with Gasteiger partial charge < -0.3 is 19.9 Å². The fourth-order valence-electron chi connectivity index (χ4n) is 4.17. The number of piperazine rings is 1. The molecule has 0 saturated carbocycles. The Labute approximate surface area is 167 Å². The van der Waals surface area contributed by atoms with Gasteiger partial charge in [-0.2, -0.15) is 0 Å². The van der Waals surface area contributed by atoms with Crippen LogP contribution in [0.15, 0.2) is 24.3 Å². The molecule has 7 heteroatoms. The number of nitrogens with one attached hydrogen (secondary N) is 1. The van der Waals surface area contributed by atoms with Crippen molar-refractivity contribution in [3.05, 3.63) is 24.3 Å². The first-order valence-electron chi connectivity index (χ1n) is 10.1. The number of hydrogen-bond donors (Lipinski definition) is 1. The van der Waals surface area contributed by atoms with Gasteiger partial charge in [0.2, 0.25) is 5.91 Å². The number of hydrogen-bond acceptors (Lipinski definition) is 4. The molecule has 0 bridgehead atoms. The summed E-state index contributed by atoms with van der Waals surface area (Å²) in [7, 11) is 1.60. The molecule has 3 amide bonds. The molecule has 2 aliphatic rings. The van der Waals surface area contributed by atoms with Crippen molar-refractivity contribution in [1.29, 1.82) is 0 Å². The van der Waals surface area contributed by atoms with E-state index in [0.29, 0.717) is 37.2 Å². The fraction of sp³-hybridized carbons (Fsp3) is 0.619. The van der Waals surface area contributed by atoms with Crippen molar-refractivity contribution in [3.63, 3.8) is 0 Å². The van der Waals surface area contributed by atoms with Crippen molar-refractivity contribution in [1.82, 2.24) is 14.7 Å². The largest absolute Gasteiger partial charge is 0.497 e. The van der Waals surface area contributed by atoms with Crippen molar-refractivity contribution >= 4 is 17.6 Å². The minimum Gasteiger partial charge on any atom is -0.497 e. The highest BCUT2D eigenvalue weighted by atomic mass is 16.5. The first-order valence-corrected chi connectivity index (χ1v) is 10.1. The van der Waals surface area contributed by atoms with Crippen LogP contribution >= 0.6 is 0 Å². The molecule has 2 saturated heterocycles. The summed E-state index contributed by atoms with van der Waals surface area (Å²) in [6.45, 7) is 9.30. The Balaban J connectivity index is 1.44. The highest BCUT2D eigenvalue weighted by molar-refractivity contribution is 5.89. The molecule has 1 N–H and O–H groups in total. The Morgan fingerprint density at radius 3 is 2.39 bits per heavy atom. The van der Waals surface area contributed by atoms with Gasteiger partial charge in [-0.15, -0.1) is 0 Å². The summed E-state index contributed by atoms with van der Waals surface area (Å²) in [6, 6.07) is 7.22. The number of carbonyl (C=O) groups excluding carboxylic acids is 2. The number of urea groups is 1. The third-order valence-electron chi connectivity index (χ3n) is 5.56. The van der Waals surface area contributed by atoms with Gasteiger partial charge in [0.15, 0.2) is 0 Å². The Bertz CT molecular complexity index is 678. The standard InChI is InChI=1S/C21H32N4O3/c1-16-11-17(2)14-25(13-16)20(26)15-23-7-9-24(10-8-23)21(27)22-18-5-4-6-19(12-18)28-3/h4-6,12,16-17H,7-11,13-15H2,1-3H3,(H,22,27).